The van der Waals surface area contributed by atoms with Crippen LogP contribution in [-0.4, -0.2) is 27.6 Å². The summed E-state index contributed by atoms with van der Waals surface area (Å²) >= 11 is 6.04. The van der Waals surface area contributed by atoms with E-state index in [1.165, 1.54) is 5.56 Å². The second-order valence-electron chi connectivity index (χ2n) is 6.80. The Morgan fingerprint density at radius 2 is 2.14 bits per heavy atom. The maximum atomic E-state index is 12.8. The predicted octanol–water partition coefficient (Wildman–Crippen LogP) is 5.32. The Kier molecular flexibility index (Phi) is 5.30. The second kappa shape index (κ2) is 8.02. The molecule has 0 unspecified atom stereocenters. The number of amides is 2. The van der Waals surface area contributed by atoms with Crippen LogP contribution in [0.4, 0.5) is 10.5 Å². The topological polar surface area (TPSA) is 71.3 Å². The van der Waals surface area contributed by atoms with E-state index >= 15 is 0 Å². The summed E-state index contributed by atoms with van der Waals surface area (Å²) in [5.41, 5.74) is 2.76. The predicted molar refractivity (Wildman–Crippen MR) is 108 cm³/mol. The van der Waals surface area contributed by atoms with Crippen LogP contribution in [-0.2, 0) is 6.42 Å². The van der Waals surface area contributed by atoms with Gasteiger partial charge < -0.3 is 14.7 Å². The third-order valence-corrected chi connectivity index (χ3v) is 5.14. The molecule has 144 valence electrons. The molecule has 1 saturated heterocycles. The first-order valence-corrected chi connectivity index (χ1v) is 9.78. The first-order valence-electron chi connectivity index (χ1n) is 9.40. The molecule has 1 aromatic heterocycles. The lowest BCUT2D eigenvalue weighted by Crippen LogP contribution is -2.34. The van der Waals surface area contributed by atoms with Crippen LogP contribution >= 0.6 is 11.6 Å². The Bertz CT molecular complexity index is 988. The van der Waals surface area contributed by atoms with Crippen molar-refractivity contribution in [2.45, 2.75) is 32.2 Å². The van der Waals surface area contributed by atoms with Crippen LogP contribution in [0.3, 0.4) is 0 Å². The molecule has 1 atom stereocenters. The van der Waals surface area contributed by atoms with E-state index in [2.05, 4.69) is 22.4 Å². The van der Waals surface area contributed by atoms with Crippen LogP contribution in [0.25, 0.3) is 11.4 Å². The van der Waals surface area contributed by atoms with E-state index in [0.29, 0.717) is 23.3 Å². The summed E-state index contributed by atoms with van der Waals surface area (Å²) in [4.78, 5) is 19.1. The van der Waals surface area contributed by atoms with Crippen molar-refractivity contribution >= 4 is 23.3 Å². The number of nitrogens with one attached hydrogen (secondary N) is 1. The van der Waals surface area contributed by atoms with Crippen LogP contribution in [0, 0.1) is 0 Å². The molecule has 0 aliphatic carbocycles. The normalized spacial score (nSPS) is 16.4. The molecule has 0 saturated carbocycles. The first-order chi connectivity index (χ1) is 13.6. The number of rotatable bonds is 4. The first kappa shape index (κ1) is 18.5. The number of aromatic nitrogens is 2. The van der Waals surface area contributed by atoms with Crippen LogP contribution < -0.4 is 5.32 Å². The highest BCUT2D eigenvalue weighted by atomic mass is 35.5. The maximum absolute atomic E-state index is 12.8. The molecule has 2 amide bonds. The number of hydrogen-bond acceptors (Lipinski definition) is 4. The van der Waals surface area contributed by atoms with Gasteiger partial charge in [-0.2, -0.15) is 4.98 Å². The molecule has 0 bridgehead atoms. The lowest BCUT2D eigenvalue weighted by Gasteiger charge is -2.22. The van der Waals surface area contributed by atoms with E-state index in [0.717, 1.165) is 30.5 Å². The Morgan fingerprint density at radius 3 is 2.96 bits per heavy atom. The zero-order valence-corrected chi connectivity index (χ0v) is 16.3. The van der Waals surface area contributed by atoms with Crippen molar-refractivity contribution in [3.8, 4) is 11.4 Å². The third-order valence-electron chi connectivity index (χ3n) is 4.91. The van der Waals surface area contributed by atoms with E-state index in [1.54, 1.807) is 17.0 Å². The van der Waals surface area contributed by atoms with Gasteiger partial charge in [0.15, 0.2) is 0 Å². The van der Waals surface area contributed by atoms with Gasteiger partial charge in [0.05, 0.1) is 0 Å². The average Bonchev–Trinajstić information content (AvgIpc) is 3.37. The highest BCUT2D eigenvalue weighted by molar-refractivity contribution is 6.30. The Balaban J connectivity index is 1.51. The number of benzene rings is 2. The Hall–Kier alpha value is -2.86. The highest BCUT2D eigenvalue weighted by Crippen LogP contribution is 2.33. The third kappa shape index (κ3) is 3.87. The fourth-order valence-electron chi connectivity index (χ4n) is 3.45. The van der Waals surface area contributed by atoms with Crippen LogP contribution in [0.15, 0.2) is 53.1 Å². The highest BCUT2D eigenvalue weighted by Gasteiger charge is 2.34. The van der Waals surface area contributed by atoms with Crippen LogP contribution in [0.5, 0.6) is 0 Å². The number of halogens is 1. The minimum Gasteiger partial charge on any atom is -0.337 e. The molecule has 1 N–H and O–H groups in total. The summed E-state index contributed by atoms with van der Waals surface area (Å²) in [5.74, 6) is 0.922. The molecule has 0 spiro atoms. The van der Waals surface area contributed by atoms with Gasteiger partial charge >= 0.3 is 6.03 Å². The van der Waals surface area contributed by atoms with Crippen molar-refractivity contribution in [3.63, 3.8) is 0 Å². The number of carbonyl (C=O) groups is 1. The number of hydrogen-bond donors (Lipinski definition) is 1. The van der Waals surface area contributed by atoms with Gasteiger partial charge in [-0.05, 0) is 49.1 Å². The largest absolute Gasteiger partial charge is 0.337 e. The lowest BCUT2D eigenvalue weighted by molar-refractivity contribution is 0.193. The van der Waals surface area contributed by atoms with Crippen molar-refractivity contribution in [1.29, 1.82) is 0 Å². The number of anilines is 1. The molecule has 2 heterocycles. The van der Waals surface area contributed by atoms with Crippen molar-refractivity contribution < 1.29 is 9.32 Å². The molecule has 1 aliphatic rings. The molecular formula is C21H21ClN4O2. The minimum atomic E-state index is -0.227. The molecule has 4 rings (SSSR count). The van der Waals surface area contributed by atoms with Gasteiger partial charge in [-0.25, -0.2) is 4.79 Å². The number of aryl methyl sites for hydroxylation is 1. The quantitative estimate of drug-likeness (QED) is 0.647. The summed E-state index contributed by atoms with van der Waals surface area (Å²) in [5, 5.41) is 7.66. The second-order valence-corrected chi connectivity index (χ2v) is 7.24. The number of nitrogens with zero attached hydrogens (tertiary/aromatic N) is 3. The van der Waals surface area contributed by atoms with E-state index in [-0.39, 0.29) is 12.1 Å². The monoisotopic (exact) mass is 396 g/mol. The van der Waals surface area contributed by atoms with Gasteiger partial charge in [-0.15, -0.1) is 0 Å². The Labute approximate surface area is 168 Å². The molecule has 28 heavy (non-hydrogen) atoms. The molecule has 0 radical (unpaired) electrons. The standard InChI is InChI=1S/C21H21ClN4O2/c1-2-14-6-3-9-17(12-14)23-21(27)26-11-5-10-18(26)20-24-19(25-28-20)15-7-4-8-16(22)13-15/h3-4,6-9,12-13,18H,2,5,10-11H2,1H3,(H,23,27)/t18-/m0/s1. The van der Waals surface area contributed by atoms with Crippen molar-refractivity contribution in [1.82, 2.24) is 15.0 Å². The van der Waals surface area contributed by atoms with E-state index < -0.39 is 0 Å². The zero-order valence-electron chi connectivity index (χ0n) is 15.6. The summed E-state index contributed by atoms with van der Waals surface area (Å²) in [7, 11) is 0. The van der Waals surface area contributed by atoms with Crippen LogP contribution in [0.2, 0.25) is 5.02 Å². The summed E-state index contributed by atoms with van der Waals surface area (Å²) < 4.78 is 5.48. The van der Waals surface area contributed by atoms with Crippen molar-refractivity contribution in [2.24, 2.45) is 0 Å². The fourth-order valence-corrected chi connectivity index (χ4v) is 3.64. The summed E-state index contributed by atoms with van der Waals surface area (Å²) in [6.45, 7) is 2.74. The lowest BCUT2D eigenvalue weighted by atomic mass is 10.1. The molecule has 1 fully saturated rings. The van der Waals surface area contributed by atoms with E-state index in [1.807, 2.05) is 36.4 Å². The van der Waals surface area contributed by atoms with Crippen LogP contribution in [0.1, 0.15) is 37.3 Å². The number of carbonyl (C=O) groups excluding carboxylic acids is 1. The van der Waals surface area contributed by atoms with Gasteiger partial charge in [-0.3, -0.25) is 0 Å². The Morgan fingerprint density at radius 1 is 1.29 bits per heavy atom. The number of urea groups is 1. The van der Waals surface area contributed by atoms with Gasteiger partial charge in [0.25, 0.3) is 0 Å². The van der Waals surface area contributed by atoms with E-state index in [4.69, 9.17) is 16.1 Å². The number of likely N-dealkylation sites (tertiary alicyclic amines) is 1. The maximum Gasteiger partial charge on any atom is 0.322 e. The molecule has 6 nitrogen and oxygen atoms in total. The molecule has 2 aromatic carbocycles. The van der Waals surface area contributed by atoms with Crippen molar-refractivity contribution in [2.75, 3.05) is 11.9 Å². The molecule has 1 aliphatic heterocycles. The molecular weight excluding hydrogens is 376 g/mol. The van der Waals surface area contributed by atoms with E-state index in [9.17, 15) is 4.79 Å². The van der Waals surface area contributed by atoms with Gasteiger partial charge in [-0.1, -0.05) is 47.9 Å². The summed E-state index contributed by atoms with van der Waals surface area (Å²) in [6, 6.07) is 14.8. The molecule has 7 heteroatoms. The smallest absolute Gasteiger partial charge is 0.322 e. The zero-order chi connectivity index (χ0) is 19.5. The van der Waals surface area contributed by atoms with Gasteiger partial charge in [0.1, 0.15) is 6.04 Å². The van der Waals surface area contributed by atoms with Gasteiger partial charge in [0.2, 0.25) is 11.7 Å². The average molecular weight is 397 g/mol. The van der Waals surface area contributed by atoms with Gasteiger partial charge in [0, 0.05) is 22.8 Å². The SMILES string of the molecule is CCc1cccc(NC(=O)N2CCC[C@H]2c2nc(-c3cccc(Cl)c3)no2)c1. The minimum absolute atomic E-state index is 0.154. The molecule has 3 aromatic rings. The van der Waals surface area contributed by atoms with Crippen molar-refractivity contribution in [3.05, 3.63) is 65.0 Å². The summed E-state index contributed by atoms with van der Waals surface area (Å²) in [6.07, 6.45) is 2.60. The fraction of sp³-hybridized carbons (Fsp3) is 0.286.